The van der Waals surface area contributed by atoms with E-state index in [-0.39, 0.29) is 0 Å². The maximum absolute atomic E-state index is 6.37. The molecule has 2 rings (SSSR count). The van der Waals surface area contributed by atoms with Crippen molar-refractivity contribution in [2.24, 2.45) is 4.99 Å². The van der Waals surface area contributed by atoms with Gasteiger partial charge in [-0.2, -0.15) is 0 Å². The van der Waals surface area contributed by atoms with Gasteiger partial charge in [-0.05, 0) is 61.2 Å². The molecule has 2 nitrogen and oxygen atoms in total. The molecule has 0 aromatic heterocycles. The molecule has 5 heteroatoms. The highest BCUT2D eigenvalue weighted by Gasteiger charge is 2.09. The van der Waals surface area contributed by atoms with Crippen LogP contribution < -0.4 is 0 Å². The van der Waals surface area contributed by atoms with Crippen LogP contribution in [0.15, 0.2) is 35.3 Å². The molecule has 0 heterocycles. The molecule has 0 atom stereocenters. The van der Waals surface area contributed by atoms with E-state index in [0.29, 0.717) is 21.5 Å². The van der Waals surface area contributed by atoms with Crippen LogP contribution in [0, 0.1) is 6.92 Å². The first kappa shape index (κ1) is 18.1. The number of nitrogens with zero attached hydrogens (tertiary/aromatic N) is 2. The Balaban J connectivity index is 2.27. The Morgan fingerprint density at radius 3 is 2.43 bits per heavy atom. The number of aliphatic imine (C=N–C) groups is 1. The molecular weight excluding hydrogens is 351 g/mol. The molecule has 0 saturated heterocycles. The number of hydrogen-bond donors (Lipinski definition) is 0. The van der Waals surface area contributed by atoms with E-state index in [9.17, 15) is 0 Å². The molecule has 23 heavy (non-hydrogen) atoms. The van der Waals surface area contributed by atoms with E-state index in [2.05, 4.69) is 18.8 Å². The third-order valence-electron chi connectivity index (χ3n) is 3.69. The molecule has 2 aromatic carbocycles. The van der Waals surface area contributed by atoms with Gasteiger partial charge in [0.2, 0.25) is 0 Å². The third-order valence-corrected chi connectivity index (χ3v) is 4.58. The summed E-state index contributed by atoms with van der Waals surface area (Å²) in [5.41, 5.74) is 4.06. The SMILES string of the molecule is CCN(C)/C=N\c1cc(C)c(Cc2ccc(Cl)cc2Cl)cc1Cl. The lowest BCUT2D eigenvalue weighted by atomic mass is 10.00. The monoisotopic (exact) mass is 368 g/mol. The van der Waals surface area contributed by atoms with Gasteiger partial charge in [-0.3, -0.25) is 0 Å². The second-order valence-corrected chi connectivity index (χ2v) is 6.71. The lowest BCUT2D eigenvalue weighted by Gasteiger charge is -2.12. The molecule has 0 unspecified atom stereocenters. The van der Waals surface area contributed by atoms with Gasteiger partial charge in [0.1, 0.15) is 0 Å². The summed E-state index contributed by atoms with van der Waals surface area (Å²) in [5, 5.41) is 1.94. The highest BCUT2D eigenvalue weighted by Crippen LogP contribution is 2.31. The fraction of sp³-hybridized carbons (Fsp3) is 0.278. The summed E-state index contributed by atoms with van der Waals surface area (Å²) in [6.45, 7) is 5.02. The first-order valence-corrected chi connectivity index (χ1v) is 8.51. The van der Waals surface area contributed by atoms with Gasteiger partial charge in [0.25, 0.3) is 0 Å². The van der Waals surface area contributed by atoms with Gasteiger partial charge in [0.15, 0.2) is 0 Å². The van der Waals surface area contributed by atoms with Gasteiger partial charge in [-0.1, -0.05) is 40.9 Å². The Bertz CT molecular complexity index is 726. The normalized spacial score (nSPS) is 11.2. The van der Waals surface area contributed by atoms with Crippen molar-refractivity contribution in [3.63, 3.8) is 0 Å². The Labute approximate surface area is 152 Å². The standard InChI is InChI=1S/C18H19Cl3N2/c1-4-23(3)11-22-18-7-12(2)14(9-17(18)21)8-13-5-6-15(19)10-16(13)20/h5-7,9-11H,4,8H2,1-3H3/b22-11-. The smallest absolute Gasteiger partial charge is 0.0910 e. The van der Waals surface area contributed by atoms with E-state index < -0.39 is 0 Å². The Morgan fingerprint density at radius 2 is 1.78 bits per heavy atom. The first-order chi connectivity index (χ1) is 10.9. The number of benzene rings is 2. The third kappa shape index (κ3) is 4.87. The Morgan fingerprint density at radius 1 is 1.04 bits per heavy atom. The summed E-state index contributed by atoms with van der Waals surface area (Å²) >= 11 is 18.6. The molecule has 0 bridgehead atoms. The molecule has 0 aliphatic heterocycles. The molecule has 0 aliphatic rings. The van der Waals surface area contributed by atoms with Crippen LogP contribution in [0.1, 0.15) is 23.6 Å². The molecule has 122 valence electrons. The molecule has 0 saturated carbocycles. The van der Waals surface area contributed by atoms with Crippen LogP contribution in [0.4, 0.5) is 5.69 Å². The lowest BCUT2D eigenvalue weighted by Crippen LogP contribution is -2.14. The maximum Gasteiger partial charge on any atom is 0.0910 e. The minimum Gasteiger partial charge on any atom is -0.366 e. The van der Waals surface area contributed by atoms with Crippen LogP contribution in [-0.2, 0) is 6.42 Å². The minimum absolute atomic E-state index is 0.636. The molecule has 0 fully saturated rings. The van der Waals surface area contributed by atoms with Gasteiger partial charge in [0.05, 0.1) is 17.0 Å². The molecule has 0 N–H and O–H groups in total. The van der Waals surface area contributed by atoms with Crippen LogP contribution in [-0.4, -0.2) is 24.8 Å². The van der Waals surface area contributed by atoms with Crippen LogP contribution in [0.2, 0.25) is 15.1 Å². The van der Waals surface area contributed by atoms with E-state index in [4.69, 9.17) is 34.8 Å². The zero-order chi connectivity index (χ0) is 17.0. The van der Waals surface area contributed by atoms with Crippen molar-refractivity contribution >= 4 is 46.8 Å². The fourth-order valence-electron chi connectivity index (χ4n) is 2.11. The summed E-state index contributed by atoms with van der Waals surface area (Å²) in [6.07, 6.45) is 2.50. The average molecular weight is 370 g/mol. The molecular formula is C18H19Cl3N2. The van der Waals surface area contributed by atoms with Crippen LogP contribution in [0.3, 0.4) is 0 Å². The summed E-state index contributed by atoms with van der Waals surface area (Å²) in [4.78, 5) is 6.43. The van der Waals surface area contributed by atoms with Gasteiger partial charge in [0, 0.05) is 23.6 Å². The highest BCUT2D eigenvalue weighted by molar-refractivity contribution is 6.35. The van der Waals surface area contributed by atoms with Gasteiger partial charge >= 0.3 is 0 Å². The lowest BCUT2D eigenvalue weighted by molar-refractivity contribution is 0.552. The number of aryl methyl sites for hydroxylation is 1. The van der Waals surface area contributed by atoms with E-state index in [0.717, 1.165) is 28.9 Å². The van der Waals surface area contributed by atoms with E-state index in [1.54, 1.807) is 12.4 Å². The summed E-state index contributed by atoms with van der Waals surface area (Å²) in [7, 11) is 1.97. The van der Waals surface area contributed by atoms with Crippen molar-refractivity contribution in [2.45, 2.75) is 20.3 Å². The zero-order valence-corrected chi connectivity index (χ0v) is 15.7. The van der Waals surface area contributed by atoms with E-state index in [1.807, 2.05) is 36.2 Å². The Kier molecular flexibility index (Phi) is 6.34. The van der Waals surface area contributed by atoms with Crippen LogP contribution in [0.25, 0.3) is 0 Å². The largest absolute Gasteiger partial charge is 0.366 e. The second kappa shape index (κ2) is 8.05. The molecule has 0 radical (unpaired) electrons. The number of hydrogen-bond acceptors (Lipinski definition) is 1. The summed E-state index contributed by atoms with van der Waals surface area (Å²) in [5.74, 6) is 0. The quantitative estimate of drug-likeness (QED) is 0.455. The minimum atomic E-state index is 0.636. The van der Waals surface area contributed by atoms with E-state index in [1.165, 1.54) is 0 Å². The van der Waals surface area contributed by atoms with Gasteiger partial charge < -0.3 is 4.90 Å². The zero-order valence-electron chi connectivity index (χ0n) is 13.4. The van der Waals surface area contributed by atoms with Gasteiger partial charge in [-0.25, -0.2) is 4.99 Å². The first-order valence-electron chi connectivity index (χ1n) is 7.38. The average Bonchev–Trinajstić information content (AvgIpc) is 2.51. The molecule has 0 amide bonds. The Hall–Kier alpha value is -1.22. The summed E-state index contributed by atoms with van der Waals surface area (Å²) < 4.78 is 0. The van der Waals surface area contributed by atoms with Crippen LogP contribution >= 0.6 is 34.8 Å². The van der Waals surface area contributed by atoms with Crippen molar-refractivity contribution in [3.05, 3.63) is 62.1 Å². The molecule has 2 aromatic rings. The van der Waals surface area contributed by atoms with Crippen molar-refractivity contribution in [2.75, 3.05) is 13.6 Å². The predicted octanol–water partition coefficient (Wildman–Crippen LogP) is 6.16. The second-order valence-electron chi connectivity index (χ2n) is 5.46. The highest BCUT2D eigenvalue weighted by atomic mass is 35.5. The van der Waals surface area contributed by atoms with Crippen molar-refractivity contribution in [3.8, 4) is 0 Å². The van der Waals surface area contributed by atoms with E-state index >= 15 is 0 Å². The van der Waals surface area contributed by atoms with Crippen molar-refractivity contribution in [1.82, 2.24) is 4.90 Å². The number of halogens is 3. The summed E-state index contributed by atoms with van der Waals surface area (Å²) in [6, 6.07) is 9.51. The van der Waals surface area contributed by atoms with Crippen molar-refractivity contribution in [1.29, 1.82) is 0 Å². The molecule has 0 spiro atoms. The molecule has 0 aliphatic carbocycles. The van der Waals surface area contributed by atoms with Crippen molar-refractivity contribution < 1.29 is 0 Å². The maximum atomic E-state index is 6.37. The van der Waals surface area contributed by atoms with Crippen LogP contribution in [0.5, 0.6) is 0 Å². The predicted molar refractivity (Wildman–Crippen MR) is 102 cm³/mol. The van der Waals surface area contributed by atoms with Gasteiger partial charge in [-0.15, -0.1) is 0 Å². The number of rotatable bonds is 5. The topological polar surface area (TPSA) is 15.6 Å². The fourth-order valence-corrected chi connectivity index (χ4v) is 2.82.